The molecule has 5 unspecified atom stereocenters. The van der Waals surface area contributed by atoms with Gasteiger partial charge < -0.3 is 4.74 Å². The monoisotopic (exact) mass is 370 g/mol. The van der Waals surface area contributed by atoms with Gasteiger partial charge in [-0.2, -0.15) is 0 Å². The summed E-state index contributed by atoms with van der Waals surface area (Å²) in [5, 5.41) is 0. The molecule has 4 heteroatoms. The Hall–Kier alpha value is -1.45. The van der Waals surface area contributed by atoms with Crippen molar-refractivity contribution >= 4 is 11.8 Å². The van der Waals surface area contributed by atoms with Gasteiger partial charge in [0.1, 0.15) is 11.8 Å². The number of carbonyl (C=O) groups excluding carboxylic acids is 2. The van der Waals surface area contributed by atoms with Crippen LogP contribution in [0.5, 0.6) is 0 Å². The van der Waals surface area contributed by atoms with Crippen LogP contribution in [0.15, 0.2) is 23.8 Å². The van der Waals surface area contributed by atoms with E-state index in [1.165, 1.54) is 0 Å². The topological polar surface area (TPSA) is 43.4 Å². The molecule has 0 aromatic rings. The van der Waals surface area contributed by atoms with Crippen molar-refractivity contribution < 1.29 is 18.7 Å². The van der Waals surface area contributed by atoms with Crippen molar-refractivity contribution in [2.45, 2.75) is 64.1 Å². The largest absolute Gasteiger partial charge is 0.458 e. The van der Waals surface area contributed by atoms with Gasteiger partial charge in [-0.1, -0.05) is 26.0 Å². The number of ketones is 1. The van der Waals surface area contributed by atoms with Crippen molar-refractivity contribution in [1.29, 1.82) is 0 Å². The molecule has 1 saturated heterocycles. The van der Waals surface area contributed by atoms with E-state index in [9.17, 15) is 9.59 Å². The molecule has 5 aliphatic carbocycles. The summed E-state index contributed by atoms with van der Waals surface area (Å²) >= 11 is 0. The van der Waals surface area contributed by atoms with Gasteiger partial charge in [-0.15, -0.1) is 0 Å². The Morgan fingerprint density at radius 3 is 2.70 bits per heavy atom. The summed E-state index contributed by atoms with van der Waals surface area (Å²) in [5.74, 6) is 1.57. The van der Waals surface area contributed by atoms with Crippen molar-refractivity contribution in [2.75, 3.05) is 0 Å². The molecule has 0 amide bonds. The Morgan fingerprint density at radius 2 is 1.96 bits per heavy atom. The molecule has 27 heavy (non-hydrogen) atoms. The average molecular weight is 370 g/mol. The smallest absolute Gasteiger partial charge is 0.306 e. The molecule has 144 valence electrons. The fourth-order valence-electron chi connectivity index (χ4n) is 8.41. The zero-order valence-electron chi connectivity index (χ0n) is 16.0. The van der Waals surface area contributed by atoms with Gasteiger partial charge in [0, 0.05) is 30.1 Å². The van der Waals surface area contributed by atoms with Crippen molar-refractivity contribution in [3.05, 3.63) is 23.8 Å². The van der Waals surface area contributed by atoms with E-state index in [0.717, 1.165) is 24.8 Å². The van der Waals surface area contributed by atoms with Crippen molar-refractivity contribution in [3.8, 4) is 0 Å². The number of allylic oxidation sites excluding steroid dienone is 4. The maximum atomic E-state index is 15.9. The molecule has 1 spiro atoms. The van der Waals surface area contributed by atoms with E-state index in [4.69, 9.17) is 4.74 Å². The molecule has 0 aromatic carbocycles. The number of esters is 1. The minimum Gasteiger partial charge on any atom is -0.458 e. The van der Waals surface area contributed by atoms with Gasteiger partial charge in [0.2, 0.25) is 0 Å². The Morgan fingerprint density at radius 1 is 1.15 bits per heavy atom. The summed E-state index contributed by atoms with van der Waals surface area (Å²) in [7, 11) is 0. The van der Waals surface area contributed by atoms with Crippen LogP contribution in [0.25, 0.3) is 0 Å². The van der Waals surface area contributed by atoms with Gasteiger partial charge in [0.25, 0.3) is 0 Å². The number of hydrogen-bond acceptors (Lipinski definition) is 3. The van der Waals surface area contributed by atoms with Crippen LogP contribution >= 0.6 is 0 Å². The lowest BCUT2D eigenvalue weighted by molar-refractivity contribution is -0.180. The molecule has 3 nitrogen and oxygen atoms in total. The lowest BCUT2D eigenvalue weighted by atomic mass is 9.46. The highest BCUT2D eigenvalue weighted by atomic mass is 19.1. The predicted molar refractivity (Wildman–Crippen MR) is 97.3 cm³/mol. The second kappa shape index (κ2) is 4.75. The minimum atomic E-state index is -0.920. The molecule has 0 bridgehead atoms. The van der Waals surface area contributed by atoms with E-state index in [1.54, 1.807) is 6.08 Å². The third-order valence-electron chi connectivity index (χ3n) is 9.54. The molecule has 0 aromatic heterocycles. The molecule has 1 heterocycles. The van der Waals surface area contributed by atoms with Crippen molar-refractivity contribution in [3.63, 3.8) is 0 Å². The van der Waals surface area contributed by atoms with E-state index in [1.807, 2.05) is 0 Å². The lowest BCUT2D eigenvalue weighted by Crippen LogP contribution is -2.59. The number of fused-ring (bicyclic) bond motifs is 9. The lowest BCUT2D eigenvalue weighted by Gasteiger charge is -2.59. The third-order valence-corrected chi connectivity index (χ3v) is 9.54. The molecule has 0 radical (unpaired) electrons. The van der Waals surface area contributed by atoms with Crippen LogP contribution in [0, 0.1) is 40.4 Å². The quantitative estimate of drug-likeness (QED) is 0.601. The second-order valence-electron chi connectivity index (χ2n) is 10.5. The summed E-state index contributed by atoms with van der Waals surface area (Å²) in [6.07, 6.45) is 9.30. The second-order valence-corrected chi connectivity index (χ2v) is 10.5. The van der Waals surface area contributed by atoms with Crippen LogP contribution in [-0.2, 0) is 14.3 Å². The summed E-state index contributed by atoms with van der Waals surface area (Å²) in [5.41, 5.74) is 0.0844. The van der Waals surface area contributed by atoms with Gasteiger partial charge >= 0.3 is 5.97 Å². The highest BCUT2D eigenvalue weighted by molar-refractivity contribution is 5.92. The fourth-order valence-corrected chi connectivity index (χ4v) is 8.41. The first kappa shape index (κ1) is 16.5. The number of hydrogen-bond donors (Lipinski definition) is 0. The molecule has 4 fully saturated rings. The first-order valence-electron chi connectivity index (χ1n) is 10.6. The minimum absolute atomic E-state index is 0.0616. The van der Waals surface area contributed by atoms with E-state index >= 15 is 4.39 Å². The van der Waals surface area contributed by atoms with Gasteiger partial charge in [-0.25, -0.2) is 4.39 Å². The molecule has 1 aliphatic heterocycles. The van der Waals surface area contributed by atoms with Gasteiger partial charge in [0.15, 0.2) is 5.78 Å². The Kier molecular flexibility index (Phi) is 2.90. The summed E-state index contributed by atoms with van der Waals surface area (Å²) in [4.78, 5) is 24.0. The van der Waals surface area contributed by atoms with Crippen LogP contribution in [0.4, 0.5) is 4.39 Å². The summed E-state index contributed by atoms with van der Waals surface area (Å²) in [6.45, 7) is 4.38. The first-order valence-corrected chi connectivity index (χ1v) is 10.6. The maximum absolute atomic E-state index is 15.9. The van der Waals surface area contributed by atoms with Gasteiger partial charge in [-0.05, 0) is 60.5 Å². The Balaban J connectivity index is 1.47. The predicted octanol–water partition coefficient (Wildman–Crippen LogP) is 4.17. The van der Waals surface area contributed by atoms with Crippen LogP contribution in [-0.4, -0.2) is 23.5 Å². The van der Waals surface area contributed by atoms with E-state index in [2.05, 4.69) is 26.0 Å². The SMILES string of the molecule is C[C@]12CCC(=O)C=C1C=CC1C2C(F)C[C@@]2(C)C1C1C[C@@H]1[C@@]21CCC(=O)O1. The van der Waals surface area contributed by atoms with Crippen molar-refractivity contribution in [2.24, 2.45) is 40.4 Å². The Bertz CT molecular complexity index is 829. The van der Waals surface area contributed by atoms with Gasteiger partial charge in [-0.3, -0.25) is 9.59 Å². The van der Waals surface area contributed by atoms with Crippen LogP contribution in [0.2, 0.25) is 0 Å². The zero-order chi connectivity index (χ0) is 18.8. The molecular formula is C23H27FO3. The average Bonchev–Trinajstić information content (AvgIpc) is 3.24. The van der Waals surface area contributed by atoms with Crippen LogP contribution in [0.1, 0.15) is 52.4 Å². The van der Waals surface area contributed by atoms with E-state index in [-0.39, 0.29) is 34.4 Å². The van der Waals surface area contributed by atoms with Gasteiger partial charge in [0.05, 0.1) is 0 Å². The molecular weight excluding hydrogens is 343 g/mol. The van der Waals surface area contributed by atoms with E-state index < -0.39 is 11.8 Å². The molecule has 0 N–H and O–H groups in total. The molecule has 6 rings (SSSR count). The number of rotatable bonds is 0. The van der Waals surface area contributed by atoms with Crippen LogP contribution < -0.4 is 0 Å². The highest BCUT2D eigenvalue weighted by Gasteiger charge is 2.80. The maximum Gasteiger partial charge on any atom is 0.306 e. The van der Waals surface area contributed by atoms with E-state index in [0.29, 0.717) is 37.0 Å². The Labute approximate surface area is 159 Å². The first-order chi connectivity index (χ1) is 12.8. The summed E-state index contributed by atoms with van der Waals surface area (Å²) in [6, 6.07) is 0. The zero-order valence-corrected chi connectivity index (χ0v) is 16.0. The van der Waals surface area contributed by atoms with Crippen molar-refractivity contribution in [1.82, 2.24) is 0 Å². The fraction of sp³-hybridized carbons (Fsp3) is 0.739. The number of alkyl halides is 1. The van der Waals surface area contributed by atoms with Crippen LogP contribution in [0.3, 0.4) is 0 Å². The number of halogens is 1. The summed E-state index contributed by atoms with van der Waals surface area (Å²) < 4.78 is 21.9. The number of ether oxygens (including phenoxy) is 1. The standard InChI is InChI=1S/C23H27FO3/c1-21-7-5-13(25)9-12(21)3-4-14-19-15-10-16(15)23(8-6-18(26)27-23)22(19,2)11-17(24)20(14)21/h3-4,9,14-17,19-20H,5-8,10-11H2,1-2H3/t14?,15?,16-,17?,19?,20?,21-,22-,23-/m0/s1. The highest BCUT2D eigenvalue weighted by Crippen LogP contribution is 2.78. The number of carbonyl (C=O) groups is 2. The molecule has 3 saturated carbocycles. The normalized spacial score (nSPS) is 57.5. The molecule has 6 aliphatic rings. The third kappa shape index (κ3) is 1.75. The molecule has 9 atom stereocenters.